The Balaban J connectivity index is 2.37. The van der Waals surface area contributed by atoms with Gasteiger partial charge in [0.1, 0.15) is 11.6 Å². The molecular weight excluding hydrogens is 292 g/mol. The lowest BCUT2D eigenvalue weighted by Crippen LogP contribution is -2.18. The molecule has 2 N–H and O–H groups in total. The standard InChI is InChI=1S/C13H17BrN4/c1-8(15)6-11-4-5-12(7-13(11)14)18-10(3)16-9(2)17-18/h4-5,7-8H,6,15H2,1-3H3. The number of nitrogens with zero attached hydrogens (tertiary/aromatic N) is 3. The third kappa shape index (κ3) is 2.79. The summed E-state index contributed by atoms with van der Waals surface area (Å²) in [5.41, 5.74) is 8.04. The fourth-order valence-electron chi connectivity index (χ4n) is 1.95. The van der Waals surface area contributed by atoms with E-state index in [2.05, 4.69) is 38.1 Å². The quantitative estimate of drug-likeness (QED) is 0.948. The number of hydrogen-bond acceptors (Lipinski definition) is 3. The number of hydrogen-bond donors (Lipinski definition) is 1. The largest absolute Gasteiger partial charge is 0.328 e. The molecule has 0 radical (unpaired) electrons. The Labute approximate surface area is 115 Å². The first-order valence-electron chi connectivity index (χ1n) is 5.92. The molecule has 0 fully saturated rings. The van der Waals surface area contributed by atoms with Crippen LogP contribution in [0, 0.1) is 13.8 Å². The van der Waals surface area contributed by atoms with E-state index in [0.717, 1.165) is 28.2 Å². The molecule has 0 spiro atoms. The van der Waals surface area contributed by atoms with Crippen molar-refractivity contribution >= 4 is 15.9 Å². The number of aryl methyl sites for hydroxylation is 2. The van der Waals surface area contributed by atoms with Crippen molar-refractivity contribution in [3.8, 4) is 5.69 Å². The molecule has 96 valence electrons. The summed E-state index contributed by atoms with van der Waals surface area (Å²) in [6.45, 7) is 5.85. The first-order valence-corrected chi connectivity index (χ1v) is 6.71. The number of rotatable bonds is 3. The summed E-state index contributed by atoms with van der Waals surface area (Å²) in [6, 6.07) is 6.34. The SMILES string of the molecule is Cc1nc(C)n(-c2ccc(CC(C)N)c(Br)c2)n1. The van der Waals surface area contributed by atoms with Gasteiger partial charge in [-0.1, -0.05) is 22.0 Å². The van der Waals surface area contributed by atoms with Crippen molar-refractivity contribution in [2.45, 2.75) is 33.2 Å². The minimum atomic E-state index is 0.155. The van der Waals surface area contributed by atoms with Crippen LogP contribution < -0.4 is 5.73 Å². The maximum absolute atomic E-state index is 5.82. The summed E-state index contributed by atoms with van der Waals surface area (Å²) in [4.78, 5) is 4.30. The summed E-state index contributed by atoms with van der Waals surface area (Å²) >= 11 is 3.59. The minimum Gasteiger partial charge on any atom is -0.328 e. The molecule has 0 saturated heterocycles. The van der Waals surface area contributed by atoms with E-state index < -0.39 is 0 Å². The van der Waals surface area contributed by atoms with Gasteiger partial charge in [0.25, 0.3) is 0 Å². The first kappa shape index (κ1) is 13.2. The smallest absolute Gasteiger partial charge is 0.148 e. The zero-order valence-corrected chi connectivity index (χ0v) is 12.4. The van der Waals surface area contributed by atoms with Crippen molar-refractivity contribution in [3.05, 3.63) is 39.9 Å². The van der Waals surface area contributed by atoms with E-state index in [1.54, 1.807) is 0 Å². The van der Waals surface area contributed by atoms with Crippen LogP contribution in [0.4, 0.5) is 0 Å². The predicted molar refractivity (Wildman–Crippen MR) is 75.9 cm³/mol. The van der Waals surface area contributed by atoms with Gasteiger partial charge in [-0.2, -0.15) is 5.10 Å². The maximum Gasteiger partial charge on any atom is 0.148 e. The van der Waals surface area contributed by atoms with Crippen LogP contribution in [0.15, 0.2) is 22.7 Å². The van der Waals surface area contributed by atoms with Crippen molar-refractivity contribution in [2.75, 3.05) is 0 Å². The van der Waals surface area contributed by atoms with Crippen LogP contribution in [0.25, 0.3) is 5.69 Å². The molecule has 0 aliphatic heterocycles. The van der Waals surface area contributed by atoms with Gasteiger partial charge in [0.05, 0.1) is 5.69 Å². The lowest BCUT2D eigenvalue weighted by atomic mass is 10.1. The van der Waals surface area contributed by atoms with Gasteiger partial charge in [0, 0.05) is 10.5 Å². The van der Waals surface area contributed by atoms with Crippen molar-refractivity contribution in [1.82, 2.24) is 14.8 Å². The van der Waals surface area contributed by atoms with Crippen LogP contribution in [0.1, 0.15) is 24.1 Å². The average molecular weight is 309 g/mol. The van der Waals surface area contributed by atoms with Gasteiger partial charge in [-0.25, -0.2) is 9.67 Å². The average Bonchev–Trinajstić information content (AvgIpc) is 2.60. The minimum absolute atomic E-state index is 0.155. The lowest BCUT2D eigenvalue weighted by molar-refractivity contribution is 0.735. The van der Waals surface area contributed by atoms with Gasteiger partial charge >= 0.3 is 0 Å². The summed E-state index contributed by atoms with van der Waals surface area (Å²) in [7, 11) is 0. The monoisotopic (exact) mass is 308 g/mol. The summed E-state index contributed by atoms with van der Waals surface area (Å²) in [5, 5.41) is 4.37. The Bertz CT molecular complexity index is 560. The molecule has 5 heteroatoms. The molecule has 2 aromatic rings. The van der Waals surface area contributed by atoms with Crippen LogP contribution in [-0.4, -0.2) is 20.8 Å². The van der Waals surface area contributed by atoms with Crippen LogP contribution >= 0.6 is 15.9 Å². The molecule has 1 heterocycles. The Morgan fingerprint density at radius 2 is 2.11 bits per heavy atom. The van der Waals surface area contributed by atoms with E-state index >= 15 is 0 Å². The highest BCUT2D eigenvalue weighted by Gasteiger charge is 2.08. The second kappa shape index (κ2) is 5.20. The highest BCUT2D eigenvalue weighted by molar-refractivity contribution is 9.10. The molecule has 1 aromatic heterocycles. The van der Waals surface area contributed by atoms with Gasteiger partial charge in [0.2, 0.25) is 0 Å². The van der Waals surface area contributed by atoms with Crippen LogP contribution in [0.3, 0.4) is 0 Å². The van der Waals surface area contributed by atoms with Crippen molar-refractivity contribution < 1.29 is 0 Å². The zero-order valence-electron chi connectivity index (χ0n) is 10.8. The van der Waals surface area contributed by atoms with Crippen molar-refractivity contribution in [3.63, 3.8) is 0 Å². The Morgan fingerprint density at radius 3 is 2.61 bits per heavy atom. The van der Waals surface area contributed by atoms with Crippen LogP contribution in [0.5, 0.6) is 0 Å². The lowest BCUT2D eigenvalue weighted by Gasteiger charge is -2.10. The van der Waals surface area contributed by atoms with Gasteiger partial charge in [-0.3, -0.25) is 0 Å². The number of benzene rings is 1. The first-order chi connectivity index (χ1) is 8.47. The van der Waals surface area contributed by atoms with E-state index in [-0.39, 0.29) is 6.04 Å². The molecule has 1 unspecified atom stereocenters. The predicted octanol–water partition coefficient (Wildman–Crippen LogP) is 2.54. The van der Waals surface area contributed by atoms with Gasteiger partial charge in [-0.15, -0.1) is 0 Å². The third-order valence-electron chi connectivity index (χ3n) is 2.70. The number of nitrogens with two attached hydrogens (primary N) is 1. The van der Waals surface area contributed by atoms with Gasteiger partial charge in [0.15, 0.2) is 0 Å². The Morgan fingerprint density at radius 1 is 1.39 bits per heavy atom. The fraction of sp³-hybridized carbons (Fsp3) is 0.385. The van der Waals surface area contributed by atoms with Crippen molar-refractivity contribution in [1.29, 1.82) is 0 Å². The molecule has 0 bridgehead atoms. The topological polar surface area (TPSA) is 56.7 Å². The molecule has 0 aliphatic rings. The number of halogens is 1. The molecule has 2 rings (SSSR count). The van der Waals surface area contributed by atoms with Gasteiger partial charge in [-0.05, 0) is 44.9 Å². The molecule has 1 aromatic carbocycles. The fourth-order valence-corrected chi connectivity index (χ4v) is 2.47. The Kier molecular flexibility index (Phi) is 3.82. The molecule has 1 atom stereocenters. The summed E-state index contributed by atoms with van der Waals surface area (Å²) in [5.74, 6) is 1.67. The second-order valence-electron chi connectivity index (χ2n) is 4.58. The molecule has 0 saturated carbocycles. The van der Waals surface area contributed by atoms with Crippen molar-refractivity contribution in [2.24, 2.45) is 5.73 Å². The van der Waals surface area contributed by atoms with Gasteiger partial charge < -0.3 is 5.73 Å². The molecule has 18 heavy (non-hydrogen) atoms. The molecule has 0 amide bonds. The normalized spacial score (nSPS) is 12.7. The second-order valence-corrected chi connectivity index (χ2v) is 5.43. The molecule has 0 aliphatic carbocycles. The zero-order chi connectivity index (χ0) is 13.3. The van der Waals surface area contributed by atoms with Crippen LogP contribution in [0.2, 0.25) is 0 Å². The maximum atomic E-state index is 5.82. The van der Waals surface area contributed by atoms with E-state index in [9.17, 15) is 0 Å². The summed E-state index contributed by atoms with van der Waals surface area (Å²) < 4.78 is 2.90. The number of aromatic nitrogens is 3. The van der Waals surface area contributed by atoms with E-state index in [1.807, 2.05) is 31.5 Å². The third-order valence-corrected chi connectivity index (χ3v) is 3.44. The molecule has 4 nitrogen and oxygen atoms in total. The highest BCUT2D eigenvalue weighted by Crippen LogP contribution is 2.22. The van der Waals surface area contributed by atoms with E-state index in [0.29, 0.717) is 0 Å². The van der Waals surface area contributed by atoms with E-state index in [1.165, 1.54) is 5.56 Å². The molecular formula is C13H17BrN4. The van der Waals surface area contributed by atoms with Crippen LogP contribution in [-0.2, 0) is 6.42 Å². The summed E-state index contributed by atoms with van der Waals surface area (Å²) in [6.07, 6.45) is 0.857. The Hall–Kier alpha value is -1.20. The highest BCUT2D eigenvalue weighted by atomic mass is 79.9. The van der Waals surface area contributed by atoms with E-state index in [4.69, 9.17) is 5.73 Å².